The van der Waals surface area contributed by atoms with E-state index in [2.05, 4.69) is 11.8 Å². The first kappa shape index (κ1) is 15.3. The van der Waals surface area contributed by atoms with E-state index in [-0.39, 0.29) is 11.9 Å². The summed E-state index contributed by atoms with van der Waals surface area (Å²) >= 11 is 0. The fourth-order valence-electron chi connectivity index (χ4n) is 2.43. The van der Waals surface area contributed by atoms with Crippen molar-refractivity contribution in [1.29, 1.82) is 0 Å². The molecule has 0 aliphatic carbocycles. The Kier molecular flexibility index (Phi) is 4.70. The maximum Gasteiger partial charge on any atom is 0.209 e. The zero-order valence-corrected chi connectivity index (χ0v) is 12.5. The highest BCUT2D eigenvalue weighted by atomic mass is 19.1. The van der Waals surface area contributed by atoms with Gasteiger partial charge in [0, 0.05) is 17.7 Å². The quantitative estimate of drug-likeness (QED) is 0.630. The van der Waals surface area contributed by atoms with E-state index in [9.17, 15) is 9.18 Å². The minimum absolute atomic E-state index is 0.0898. The predicted molar refractivity (Wildman–Crippen MR) is 85.2 cm³/mol. The van der Waals surface area contributed by atoms with E-state index in [1.54, 1.807) is 17.0 Å². The molecule has 1 heterocycles. The normalized spacial score (nSPS) is 17.3. The lowest BCUT2D eigenvalue weighted by molar-refractivity contribution is -0.125. The van der Waals surface area contributed by atoms with Crippen LogP contribution < -0.4 is 0 Å². The Bertz CT molecular complexity index is 729. The van der Waals surface area contributed by atoms with Crippen LogP contribution in [0.4, 0.5) is 4.39 Å². The minimum Gasteiger partial charge on any atom is -0.370 e. The summed E-state index contributed by atoms with van der Waals surface area (Å²) in [4.78, 5) is 12.6. The Morgan fingerprint density at radius 3 is 2.26 bits per heavy atom. The second-order valence-electron chi connectivity index (χ2n) is 5.34. The molecule has 1 atom stereocenters. The summed E-state index contributed by atoms with van der Waals surface area (Å²) in [5.74, 6) is 5.78. The number of hydrogen-bond acceptors (Lipinski definition) is 2. The monoisotopic (exact) mass is 309 g/mol. The highest BCUT2D eigenvalue weighted by Crippen LogP contribution is 2.21. The Morgan fingerprint density at radius 1 is 1.04 bits per heavy atom. The van der Waals surface area contributed by atoms with Gasteiger partial charge in [0.25, 0.3) is 0 Å². The number of amides is 1. The van der Waals surface area contributed by atoms with Crippen molar-refractivity contribution >= 4 is 6.41 Å². The summed E-state index contributed by atoms with van der Waals surface area (Å²) in [6.07, 6.45) is 0.769. The molecule has 0 aromatic heterocycles. The number of carbonyl (C=O) groups excluding carboxylic acids is 1. The highest BCUT2D eigenvalue weighted by molar-refractivity contribution is 5.48. The van der Waals surface area contributed by atoms with Crippen LogP contribution in [0.1, 0.15) is 22.8 Å². The van der Waals surface area contributed by atoms with Crippen molar-refractivity contribution in [3.05, 3.63) is 71.0 Å². The molecule has 1 saturated heterocycles. The van der Waals surface area contributed by atoms with Crippen LogP contribution in [-0.4, -0.2) is 31.0 Å². The summed E-state index contributed by atoms with van der Waals surface area (Å²) in [5, 5.41) is 0. The third kappa shape index (κ3) is 3.97. The summed E-state index contributed by atoms with van der Waals surface area (Å²) < 4.78 is 18.5. The second-order valence-corrected chi connectivity index (χ2v) is 5.34. The molecular formula is C19H16FNO2. The van der Waals surface area contributed by atoms with Crippen LogP contribution in [-0.2, 0) is 9.53 Å². The molecule has 1 amide bonds. The molecule has 2 aromatic carbocycles. The fraction of sp³-hybridized carbons (Fsp3) is 0.211. The Morgan fingerprint density at radius 2 is 1.65 bits per heavy atom. The maximum atomic E-state index is 12.8. The van der Waals surface area contributed by atoms with Gasteiger partial charge in [0.1, 0.15) is 11.9 Å². The van der Waals surface area contributed by atoms with Crippen molar-refractivity contribution in [1.82, 2.24) is 4.90 Å². The number of ether oxygens (including phenoxy) is 1. The lowest BCUT2D eigenvalue weighted by Crippen LogP contribution is -2.37. The summed E-state index contributed by atoms with van der Waals surface area (Å²) in [6, 6.07) is 13.9. The molecular weight excluding hydrogens is 293 g/mol. The SMILES string of the molecule is O=CN1CCOC(c2ccc(C#Cc3ccc(F)cc3)cc2)C1. The Hall–Kier alpha value is -2.64. The van der Waals surface area contributed by atoms with Gasteiger partial charge in [-0.2, -0.15) is 0 Å². The molecule has 1 fully saturated rings. The number of morpholine rings is 1. The second kappa shape index (κ2) is 7.08. The molecule has 1 unspecified atom stereocenters. The molecule has 3 rings (SSSR count). The average molecular weight is 309 g/mol. The number of rotatable bonds is 2. The highest BCUT2D eigenvalue weighted by Gasteiger charge is 2.20. The van der Waals surface area contributed by atoms with Gasteiger partial charge in [0.2, 0.25) is 6.41 Å². The molecule has 0 bridgehead atoms. The zero-order chi connectivity index (χ0) is 16.1. The lowest BCUT2D eigenvalue weighted by Gasteiger charge is -2.30. The number of carbonyl (C=O) groups is 1. The van der Waals surface area contributed by atoms with Crippen LogP contribution in [0.25, 0.3) is 0 Å². The van der Waals surface area contributed by atoms with Crippen molar-refractivity contribution in [2.45, 2.75) is 6.10 Å². The van der Waals surface area contributed by atoms with E-state index < -0.39 is 0 Å². The molecule has 0 saturated carbocycles. The summed E-state index contributed by atoms with van der Waals surface area (Å²) in [7, 11) is 0. The van der Waals surface area contributed by atoms with Crippen molar-refractivity contribution in [3.8, 4) is 11.8 Å². The Labute approximate surface area is 134 Å². The average Bonchev–Trinajstić information content (AvgIpc) is 2.62. The molecule has 0 N–H and O–H groups in total. The predicted octanol–water partition coefficient (Wildman–Crippen LogP) is 2.76. The van der Waals surface area contributed by atoms with Crippen molar-refractivity contribution in [2.24, 2.45) is 0 Å². The van der Waals surface area contributed by atoms with Gasteiger partial charge in [0.05, 0.1) is 13.2 Å². The topological polar surface area (TPSA) is 29.5 Å². The molecule has 0 radical (unpaired) electrons. The first-order chi connectivity index (χ1) is 11.2. The van der Waals surface area contributed by atoms with Gasteiger partial charge in [-0.25, -0.2) is 4.39 Å². The van der Waals surface area contributed by atoms with Crippen molar-refractivity contribution in [3.63, 3.8) is 0 Å². The molecule has 1 aliphatic rings. The van der Waals surface area contributed by atoms with E-state index in [1.165, 1.54) is 12.1 Å². The zero-order valence-electron chi connectivity index (χ0n) is 12.5. The van der Waals surface area contributed by atoms with Gasteiger partial charge in [-0.05, 0) is 42.0 Å². The number of hydrogen-bond donors (Lipinski definition) is 0. The third-order valence-electron chi connectivity index (χ3n) is 3.72. The lowest BCUT2D eigenvalue weighted by atomic mass is 10.1. The first-order valence-corrected chi connectivity index (χ1v) is 7.43. The van der Waals surface area contributed by atoms with E-state index >= 15 is 0 Å². The third-order valence-corrected chi connectivity index (χ3v) is 3.72. The van der Waals surface area contributed by atoms with Gasteiger partial charge in [-0.3, -0.25) is 4.79 Å². The van der Waals surface area contributed by atoms with Gasteiger partial charge in [-0.1, -0.05) is 24.0 Å². The minimum atomic E-state index is -0.267. The van der Waals surface area contributed by atoms with Gasteiger partial charge < -0.3 is 9.64 Å². The largest absolute Gasteiger partial charge is 0.370 e. The van der Waals surface area contributed by atoms with E-state index in [0.29, 0.717) is 19.7 Å². The molecule has 4 heteroatoms. The van der Waals surface area contributed by atoms with E-state index in [4.69, 9.17) is 4.74 Å². The van der Waals surface area contributed by atoms with Gasteiger partial charge in [-0.15, -0.1) is 0 Å². The van der Waals surface area contributed by atoms with Crippen LogP contribution in [0.2, 0.25) is 0 Å². The first-order valence-electron chi connectivity index (χ1n) is 7.43. The standard InChI is InChI=1S/C19H16FNO2/c20-18-9-5-16(6-10-18)2-1-15-3-7-17(8-4-15)19-13-21(14-22)11-12-23-19/h3-10,14,19H,11-13H2. The van der Waals surface area contributed by atoms with Crippen molar-refractivity contribution in [2.75, 3.05) is 19.7 Å². The van der Waals surface area contributed by atoms with Crippen molar-refractivity contribution < 1.29 is 13.9 Å². The van der Waals surface area contributed by atoms with Crippen LogP contribution >= 0.6 is 0 Å². The van der Waals surface area contributed by atoms with Crippen LogP contribution in [0, 0.1) is 17.7 Å². The number of benzene rings is 2. The number of halogens is 1. The molecule has 23 heavy (non-hydrogen) atoms. The fourth-order valence-corrected chi connectivity index (χ4v) is 2.43. The molecule has 3 nitrogen and oxygen atoms in total. The van der Waals surface area contributed by atoms with Crippen LogP contribution in [0.5, 0.6) is 0 Å². The molecule has 0 spiro atoms. The van der Waals surface area contributed by atoms with Crippen LogP contribution in [0.3, 0.4) is 0 Å². The summed E-state index contributed by atoms with van der Waals surface area (Å²) in [6.45, 7) is 1.76. The Balaban J connectivity index is 1.70. The maximum absolute atomic E-state index is 12.8. The number of nitrogens with zero attached hydrogens (tertiary/aromatic N) is 1. The smallest absolute Gasteiger partial charge is 0.209 e. The molecule has 2 aromatic rings. The van der Waals surface area contributed by atoms with E-state index in [1.807, 2.05) is 24.3 Å². The van der Waals surface area contributed by atoms with E-state index in [0.717, 1.165) is 23.1 Å². The van der Waals surface area contributed by atoms with Gasteiger partial charge >= 0.3 is 0 Å². The molecule has 1 aliphatic heterocycles. The molecule has 116 valence electrons. The van der Waals surface area contributed by atoms with Gasteiger partial charge in [0.15, 0.2) is 0 Å². The summed E-state index contributed by atoms with van der Waals surface area (Å²) in [5.41, 5.74) is 2.68. The van der Waals surface area contributed by atoms with Crippen LogP contribution in [0.15, 0.2) is 48.5 Å².